The van der Waals surface area contributed by atoms with Crippen LogP contribution in [-0.2, 0) is 13.0 Å². The fourth-order valence-electron chi connectivity index (χ4n) is 4.41. The number of hydrogen-bond donors (Lipinski definition) is 1. The van der Waals surface area contributed by atoms with Gasteiger partial charge in [-0.1, -0.05) is 23.9 Å². The standard InChI is InChI=1S/C20H18NO4.C7H6O3/c1-22-17-4-3-12-7-16-14-9-19-18(24-11-25-19)8-13(14)5-6-21(16)10-15(12)20(17)23-2;8-6-4-2-1-3-5(6)7(9)10/h3-4,7-10H,5-6,11H2,1-2H3;1-4,8H,(H,9,10)/q+1;/p-1. The van der Waals surface area contributed by atoms with Crippen molar-refractivity contribution in [1.29, 1.82) is 0 Å². The number of methoxy groups -OCH3 is 2. The van der Waals surface area contributed by atoms with Crippen molar-refractivity contribution in [1.82, 2.24) is 0 Å². The van der Waals surface area contributed by atoms with E-state index in [-0.39, 0.29) is 5.56 Å². The Hall–Kier alpha value is -4.46. The Bertz CT molecular complexity index is 1450. The number of para-hydroxylation sites is 1. The highest BCUT2D eigenvalue weighted by Crippen LogP contribution is 2.41. The van der Waals surface area contributed by atoms with Crippen LogP contribution in [0.25, 0.3) is 22.0 Å². The number of carboxylic acid groups (broad SMARTS) is 1. The minimum Gasteiger partial charge on any atom is -0.872 e. The quantitative estimate of drug-likeness (QED) is 0.454. The van der Waals surface area contributed by atoms with E-state index in [2.05, 4.69) is 35.0 Å². The number of aromatic carboxylic acids is 1. The average molecular weight is 473 g/mol. The third-order valence-corrected chi connectivity index (χ3v) is 6.12. The van der Waals surface area contributed by atoms with Crippen molar-refractivity contribution in [2.45, 2.75) is 13.0 Å². The monoisotopic (exact) mass is 473 g/mol. The highest BCUT2D eigenvalue weighted by Gasteiger charge is 2.28. The van der Waals surface area contributed by atoms with E-state index in [9.17, 15) is 9.90 Å². The number of fused-ring (bicyclic) bond motifs is 5. The van der Waals surface area contributed by atoms with Crippen LogP contribution in [0.4, 0.5) is 0 Å². The van der Waals surface area contributed by atoms with Crippen molar-refractivity contribution in [2.75, 3.05) is 21.0 Å². The third kappa shape index (κ3) is 4.03. The number of benzene rings is 3. The van der Waals surface area contributed by atoms with Gasteiger partial charge in [0.15, 0.2) is 35.7 Å². The molecule has 0 fully saturated rings. The molecule has 3 heterocycles. The fraction of sp³-hybridized carbons (Fsp3) is 0.185. The zero-order chi connectivity index (χ0) is 24.5. The molecule has 3 aromatic carbocycles. The molecule has 0 atom stereocenters. The number of ether oxygens (including phenoxy) is 4. The van der Waals surface area contributed by atoms with E-state index in [1.807, 2.05) is 6.07 Å². The minimum absolute atomic E-state index is 0.178. The SMILES string of the molecule is COc1ccc2cc3[n+](cc2c1OC)CCc1cc2c(cc1-3)OCO2.O=C(O)c1ccccc1[O-]. The summed E-state index contributed by atoms with van der Waals surface area (Å²) in [5.74, 6) is 1.56. The maximum Gasteiger partial charge on any atom is 0.335 e. The van der Waals surface area contributed by atoms with Crippen molar-refractivity contribution in [3.8, 4) is 40.0 Å². The van der Waals surface area contributed by atoms with Crippen LogP contribution < -0.4 is 28.6 Å². The molecule has 0 aliphatic carbocycles. The molecule has 0 saturated carbocycles. The molecule has 0 radical (unpaired) electrons. The second-order valence-corrected chi connectivity index (χ2v) is 8.07. The largest absolute Gasteiger partial charge is 0.872 e. The smallest absolute Gasteiger partial charge is 0.335 e. The molecule has 0 bridgehead atoms. The number of aromatic nitrogens is 1. The summed E-state index contributed by atoms with van der Waals surface area (Å²) in [6, 6.07) is 16.0. The molecule has 8 nitrogen and oxygen atoms in total. The predicted molar refractivity (Wildman–Crippen MR) is 125 cm³/mol. The summed E-state index contributed by atoms with van der Waals surface area (Å²) in [6.07, 6.45) is 3.11. The van der Waals surface area contributed by atoms with Crippen LogP contribution >= 0.6 is 0 Å². The number of pyridine rings is 1. The van der Waals surface area contributed by atoms with Crippen LogP contribution in [0.1, 0.15) is 15.9 Å². The molecular formula is C27H23NO7. The van der Waals surface area contributed by atoms with Gasteiger partial charge in [-0.15, -0.1) is 0 Å². The van der Waals surface area contributed by atoms with Crippen LogP contribution in [-0.4, -0.2) is 32.1 Å². The maximum absolute atomic E-state index is 10.7. The Morgan fingerprint density at radius 1 is 1.03 bits per heavy atom. The predicted octanol–water partition coefficient (Wildman–Crippen LogP) is 3.55. The summed E-state index contributed by atoms with van der Waals surface area (Å²) in [4.78, 5) is 10.2. The zero-order valence-electron chi connectivity index (χ0n) is 19.2. The number of nitrogens with zero attached hydrogens (tertiary/aromatic N) is 1. The molecule has 0 saturated heterocycles. The van der Waals surface area contributed by atoms with Gasteiger partial charge in [0.05, 0.1) is 30.7 Å². The summed E-state index contributed by atoms with van der Waals surface area (Å²) >= 11 is 0. The van der Waals surface area contributed by atoms with Gasteiger partial charge < -0.3 is 29.2 Å². The highest BCUT2D eigenvalue weighted by atomic mass is 16.7. The molecule has 35 heavy (non-hydrogen) atoms. The number of carbonyl (C=O) groups is 1. The first-order chi connectivity index (χ1) is 17.0. The zero-order valence-corrected chi connectivity index (χ0v) is 19.2. The van der Waals surface area contributed by atoms with Crippen LogP contribution in [0.3, 0.4) is 0 Å². The minimum atomic E-state index is -1.18. The van der Waals surface area contributed by atoms with E-state index in [1.165, 1.54) is 41.1 Å². The van der Waals surface area contributed by atoms with Crippen molar-refractivity contribution >= 4 is 16.7 Å². The number of hydrogen-bond acceptors (Lipinski definition) is 6. The molecular weight excluding hydrogens is 450 g/mol. The van der Waals surface area contributed by atoms with Gasteiger partial charge in [-0.2, -0.15) is 4.57 Å². The third-order valence-electron chi connectivity index (χ3n) is 6.12. The maximum atomic E-state index is 10.7. The number of aryl methyl sites for hydroxylation is 2. The summed E-state index contributed by atoms with van der Waals surface area (Å²) in [6.45, 7) is 1.21. The second kappa shape index (κ2) is 9.06. The van der Waals surface area contributed by atoms with Gasteiger partial charge in [0.1, 0.15) is 0 Å². The van der Waals surface area contributed by atoms with E-state index >= 15 is 0 Å². The van der Waals surface area contributed by atoms with Gasteiger partial charge in [-0.05, 0) is 41.3 Å². The topological polar surface area (TPSA) is 101 Å². The molecule has 1 aromatic heterocycles. The highest BCUT2D eigenvalue weighted by molar-refractivity contribution is 5.92. The summed E-state index contributed by atoms with van der Waals surface area (Å²) in [5, 5.41) is 21.2. The van der Waals surface area contributed by atoms with Crippen molar-refractivity contribution < 1.29 is 38.5 Å². The molecule has 0 spiro atoms. The van der Waals surface area contributed by atoms with E-state index in [0.29, 0.717) is 6.79 Å². The lowest BCUT2D eigenvalue weighted by Gasteiger charge is -2.17. The Balaban J connectivity index is 0.000000214. The molecule has 0 amide bonds. The van der Waals surface area contributed by atoms with E-state index < -0.39 is 11.7 Å². The first kappa shape index (κ1) is 22.3. The van der Waals surface area contributed by atoms with Gasteiger partial charge in [-0.3, -0.25) is 0 Å². The summed E-state index contributed by atoms with van der Waals surface area (Å²) in [5.41, 5.74) is 3.50. The first-order valence-corrected chi connectivity index (χ1v) is 11.0. The van der Waals surface area contributed by atoms with Crippen LogP contribution in [0.15, 0.2) is 60.8 Å². The molecule has 4 aromatic rings. The summed E-state index contributed by atoms with van der Waals surface area (Å²) < 4.78 is 24.4. The van der Waals surface area contributed by atoms with E-state index in [1.54, 1.807) is 14.2 Å². The van der Waals surface area contributed by atoms with Gasteiger partial charge in [0.2, 0.25) is 12.5 Å². The van der Waals surface area contributed by atoms with Crippen LogP contribution in [0.5, 0.6) is 28.7 Å². The van der Waals surface area contributed by atoms with Gasteiger partial charge in [0.25, 0.3) is 0 Å². The molecule has 2 aliphatic heterocycles. The lowest BCUT2D eigenvalue weighted by Crippen LogP contribution is -2.40. The van der Waals surface area contributed by atoms with Crippen molar-refractivity contribution in [3.63, 3.8) is 0 Å². The van der Waals surface area contributed by atoms with Crippen molar-refractivity contribution in [3.05, 3.63) is 71.9 Å². The fourth-order valence-corrected chi connectivity index (χ4v) is 4.41. The van der Waals surface area contributed by atoms with Crippen molar-refractivity contribution in [2.24, 2.45) is 0 Å². The molecule has 1 N–H and O–H groups in total. The van der Waals surface area contributed by atoms with E-state index in [0.717, 1.165) is 46.7 Å². The summed E-state index contributed by atoms with van der Waals surface area (Å²) in [7, 11) is 3.34. The second-order valence-electron chi connectivity index (χ2n) is 8.07. The normalized spacial score (nSPS) is 12.7. The lowest BCUT2D eigenvalue weighted by molar-refractivity contribution is -0.686. The van der Waals surface area contributed by atoms with Crippen LogP contribution in [0.2, 0.25) is 0 Å². The van der Waals surface area contributed by atoms with Gasteiger partial charge in [-0.25, -0.2) is 4.79 Å². The van der Waals surface area contributed by atoms with Crippen LogP contribution in [0, 0.1) is 0 Å². The number of carboxylic acids is 1. The van der Waals surface area contributed by atoms with Gasteiger partial charge >= 0.3 is 5.97 Å². The Kier molecular flexibility index (Phi) is 5.78. The Morgan fingerprint density at radius 3 is 2.49 bits per heavy atom. The number of rotatable bonds is 3. The Morgan fingerprint density at radius 2 is 1.80 bits per heavy atom. The van der Waals surface area contributed by atoms with E-state index in [4.69, 9.17) is 24.1 Å². The Labute approximate surface area is 201 Å². The lowest BCUT2D eigenvalue weighted by atomic mass is 9.95. The molecule has 2 aliphatic rings. The first-order valence-electron chi connectivity index (χ1n) is 11.0. The van der Waals surface area contributed by atoms with Gasteiger partial charge in [0, 0.05) is 12.5 Å². The molecule has 6 rings (SSSR count). The molecule has 178 valence electrons. The average Bonchev–Trinajstić information content (AvgIpc) is 3.33. The molecule has 0 unspecified atom stereocenters. The molecule has 8 heteroatoms.